The normalized spacial score (nSPS) is 11.2. The van der Waals surface area contributed by atoms with E-state index >= 15 is 0 Å². The van der Waals surface area contributed by atoms with E-state index in [1.54, 1.807) is 24.3 Å². The van der Waals surface area contributed by atoms with Crippen molar-refractivity contribution in [3.63, 3.8) is 0 Å². The number of rotatable bonds is 4. The molecule has 20 heavy (non-hydrogen) atoms. The first kappa shape index (κ1) is 15.0. The van der Waals surface area contributed by atoms with E-state index in [9.17, 15) is 8.42 Å². The number of aromatic nitrogens is 1. The maximum absolute atomic E-state index is 12.2. The monoisotopic (exact) mass is 376 g/mol. The van der Waals surface area contributed by atoms with Gasteiger partial charge in [0.15, 0.2) is 5.82 Å². The lowest BCUT2D eigenvalue weighted by atomic mass is 10.3. The predicted octanol–water partition coefficient (Wildman–Crippen LogP) is 2.58. The molecule has 2 aromatic rings. The maximum atomic E-state index is 12.2. The van der Waals surface area contributed by atoms with Gasteiger partial charge in [-0.25, -0.2) is 19.2 Å². The molecule has 0 amide bonds. The zero-order valence-electron chi connectivity index (χ0n) is 9.97. The summed E-state index contributed by atoms with van der Waals surface area (Å²) in [5.41, 5.74) is 2.70. The van der Waals surface area contributed by atoms with Gasteiger partial charge in [-0.3, -0.25) is 4.72 Å². The summed E-state index contributed by atoms with van der Waals surface area (Å²) in [6.45, 7) is 0. The number of sulfonamides is 1. The Hall–Kier alpha value is -1.35. The second-order valence-electron chi connectivity index (χ2n) is 3.76. The number of nitrogens with zero attached hydrogens (tertiary/aromatic N) is 1. The smallest absolute Gasteiger partial charge is 0.263 e. The van der Waals surface area contributed by atoms with Crippen LogP contribution in [0.25, 0.3) is 0 Å². The molecule has 0 aliphatic heterocycles. The molecule has 9 heteroatoms. The molecule has 2 rings (SSSR count). The number of hydrazine groups is 1. The van der Waals surface area contributed by atoms with Crippen LogP contribution in [0.4, 0.5) is 11.5 Å². The van der Waals surface area contributed by atoms with E-state index in [0.717, 1.165) is 4.47 Å². The lowest BCUT2D eigenvalue weighted by molar-refractivity contribution is 0.601. The molecule has 0 fully saturated rings. The Bertz CT molecular complexity index is 722. The molecule has 0 spiro atoms. The van der Waals surface area contributed by atoms with E-state index in [1.807, 2.05) is 0 Å². The van der Waals surface area contributed by atoms with Gasteiger partial charge in [-0.2, -0.15) is 0 Å². The molecular formula is C11H10BrClN4O2S. The van der Waals surface area contributed by atoms with Gasteiger partial charge in [0, 0.05) is 16.4 Å². The predicted molar refractivity (Wildman–Crippen MR) is 82.0 cm³/mol. The zero-order valence-corrected chi connectivity index (χ0v) is 13.1. The number of halogens is 2. The van der Waals surface area contributed by atoms with Crippen molar-refractivity contribution in [1.82, 2.24) is 4.98 Å². The molecule has 0 aliphatic rings. The van der Waals surface area contributed by atoms with Crippen molar-refractivity contribution < 1.29 is 8.42 Å². The van der Waals surface area contributed by atoms with Crippen LogP contribution in [0.3, 0.4) is 0 Å². The number of nitrogens with one attached hydrogen (secondary N) is 2. The highest BCUT2D eigenvalue weighted by molar-refractivity contribution is 9.10. The average Bonchev–Trinajstić information content (AvgIpc) is 2.41. The van der Waals surface area contributed by atoms with Gasteiger partial charge in [-0.1, -0.05) is 27.5 Å². The van der Waals surface area contributed by atoms with Crippen LogP contribution in [0.15, 0.2) is 45.9 Å². The minimum Gasteiger partial charge on any atom is -0.307 e. The summed E-state index contributed by atoms with van der Waals surface area (Å²) in [4.78, 5) is 3.77. The van der Waals surface area contributed by atoms with Crippen molar-refractivity contribution in [3.8, 4) is 0 Å². The molecule has 1 heterocycles. The van der Waals surface area contributed by atoms with Gasteiger partial charge in [0.2, 0.25) is 0 Å². The van der Waals surface area contributed by atoms with Crippen LogP contribution in [0.2, 0.25) is 5.02 Å². The van der Waals surface area contributed by atoms with Crippen LogP contribution in [0.5, 0.6) is 0 Å². The van der Waals surface area contributed by atoms with Crippen molar-refractivity contribution in [3.05, 3.63) is 46.0 Å². The van der Waals surface area contributed by atoms with Crippen LogP contribution in [0, 0.1) is 0 Å². The highest BCUT2D eigenvalue weighted by atomic mass is 79.9. The lowest BCUT2D eigenvalue weighted by Gasteiger charge is -2.09. The van der Waals surface area contributed by atoms with E-state index in [0.29, 0.717) is 5.69 Å². The van der Waals surface area contributed by atoms with Gasteiger partial charge >= 0.3 is 0 Å². The minimum atomic E-state index is -3.75. The van der Waals surface area contributed by atoms with E-state index in [1.165, 1.54) is 12.3 Å². The molecule has 0 saturated heterocycles. The number of nitrogens with two attached hydrogens (primary N) is 1. The molecule has 4 N–H and O–H groups in total. The fourth-order valence-electron chi connectivity index (χ4n) is 1.41. The van der Waals surface area contributed by atoms with Gasteiger partial charge in [0.05, 0.1) is 5.02 Å². The first-order valence-electron chi connectivity index (χ1n) is 5.33. The van der Waals surface area contributed by atoms with Crippen molar-refractivity contribution >= 4 is 49.1 Å². The molecule has 0 bridgehead atoms. The third kappa shape index (κ3) is 3.40. The molecular weight excluding hydrogens is 368 g/mol. The summed E-state index contributed by atoms with van der Waals surface area (Å²) in [5.74, 6) is 5.38. The summed E-state index contributed by atoms with van der Waals surface area (Å²) in [5, 5.41) is 0.117. The van der Waals surface area contributed by atoms with E-state index < -0.39 is 10.0 Å². The van der Waals surface area contributed by atoms with Gasteiger partial charge in [-0.05, 0) is 30.3 Å². The van der Waals surface area contributed by atoms with Crippen LogP contribution < -0.4 is 16.0 Å². The van der Waals surface area contributed by atoms with Gasteiger partial charge in [0.1, 0.15) is 4.90 Å². The lowest BCUT2D eigenvalue weighted by Crippen LogP contribution is -2.14. The number of hydrogen-bond donors (Lipinski definition) is 3. The molecule has 1 aromatic carbocycles. The van der Waals surface area contributed by atoms with E-state index in [2.05, 4.69) is 31.1 Å². The topological polar surface area (TPSA) is 97.1 Å². The Kier molecular flexibility index (Phi) is 4.48. The first-order valence-corrected chi connectivity index (χ1v) is 7.98. The number of benzene rings is 1. The summed E-state index contributed by atoms with van der Waals surface area (Å²) in [6.07, 6.45) is 1.17. The highest BCUT2D eigenvalue weighted by Gasteiger charge is 2.16. The molecule has 0 aliphatic carbocycles. The fraction of sp³-hybridized carbons (Fsp3) is 0. The molecule has 6 nitrogen and oxygen atoms in total. The van der Waals surface area contributed by atoms with Crippen molar-refractivity contribution in [2.45, 2.75) is 4.90 Å². The van der Waals surface area contributed by atoms with Crippen molar-refractivity contribution in [2.75, 3.05) is 10.1 Å². The van der Waals surface area contributed by atoms with E-state index in [-0.39, 0.29) is 15.7 Å². The van der Waals surface area contributed by atoms with Gasteiger partial charge < -0.3 is 5.43 Å². The minimum absolute atomic E-state index is 0.0515. The van der Waals surface area contributed by atoms with Gasteiger partial charge in [0.25, 0.3) is 10.0 Å². The first-order chi connectivity index (χ1) is 9.42. The highest BCUT2D eigenvalue weighted by Crippen LogP contribution is 2.23. The van der Waals surface area contributed by atoms with Crippen LogP contribution >= 0.6 is 27.5 Å². The number of hydrogen-bond acceptors (Lipinski definition) is 5. The summed E-state index contributed by atoms with van der Waals surface area (Å²) < 4.78 is 27.6. The summed E-state index contributed by atoms with van der Waals surface area (Å²) >= 11 is 9.13. The average molecular weight is 378 g/mol. The van der Waals surface area contributed by atoms with Gasteiger partial charge in [-0.15, -0.1) is 0 Å². The quantitative estimate of drug-likeness (QED) is 0.562. The Morgan fingerprint density at radius 3 is 2.45 bits per heavy atom. The number of anilines is 2. The molecule has 0 unspecified atom stereocenters. The molecule has 0 saturated carbocycles. The SMILES string of the molecule is NNc1ncc(S(=O)(=O)Nc2ccc(Br)cc2)cc1Cl. The summed E-state index contributed by atoms with van der Waals surface area (Å²) in [6, 6.07) is 7.99. The second-order valence-corrected chi connectivity index (χ2v) is 6.76. The van der Waals surface area contributed by atoms with Crippen molar-refractivity contribution in [2.24, 2.45) is 5.84 Å². The second kappa shape index (κ2) is 5.96. The van der Waals surface area contributed by atoms with E-state index in [4.69, 9.17) is 17.4 Å². The van der Waals surface area contributed by atoms with Crippen LogP contribution in [-0.4, -0.2) is 13.4 Å². The summed E-state index contributed by atoms with van der Waals surface area (Å²) in [7, 11) is -3.75. The molecule has 0 radical (unpaired) electrons. The van der Waals surface area contributed by atoms with Crippen LogP contribution in [-0.2, 0) is 10.0 Å². The molecule has 0 atom stereocenters. The Morgan fingerprint density at radius 1 is 1.25 bits per heavy atom. The molecule has 1 aromatic heterocycles. The third-order valence-electron chi connectivity index (χ3n) is 2.36. The maximum Gasteiger partial charge on any atom is 0.263 e. The Balaban J connectivity index is 2.30. The largest absolute Gasteiger partial charge is 0.307 e. The van der Waals surface area contributed by atoms with Crippen molar-refractivity contribution in [1.29, 1.82) is 0 Å². The zero-order chi connectivity index (χ0) is 14.8. The number of pyridine rings is 1. The van der Waals surface area contributed by atoms with Crippen LogP contribution in [0.1, 0.15) is 0 Å². The Labute approximate surface area is 129 Å². The molecule has 106 valence electrons. The fourth-order valence-corrected chi connectivity index (χ4v) is 2.98. The standard InChI is InChI=1S/C11H10BrClN4O2S/c12-7-1-3-8(4-2-7)17-20(18,19)9-5-10(13)11(16-14)15-6-9/h1-6,17H,14H2,(H,15,16). The number of nitrogen functional groups attached to an aromatic ring is 1. The Morgan fingerprint density at radius 2 is 1.90 bits per heavy atom. The third-order valence-corrected chi connectivity index (χ3v) is 4.52.